The molecule has 0 N–H and O–H groups in total. The van der Waals surface area contributed by atoms with Crippen LogP contribution in [-0.2, 0) is 12.4 Å². The first kappa shape index (κ1) is 12.7. The lowest BCUT2D eigenvalue weighted by Crippen LogP contribution is -2.11. The van der Waals surface area contributed by atoms with Gasteiger partial charge < -0.3 is 0 Å². The highest BCUT2D eigenvalue weighted by atomic mass is 19.4. The summed E-state index contributed by atoms with van der Waals surface area (Å²) in [5.74, 6) is 0. The van der Waals surface area contributed by atoms with Crippen molar-refractivity contribution in [3.8, 4) is 0 Å². The molecule has 95 valence electrons. The summed E-state index contributed by atoms with van der Waals surface area (Å²) in [6.07, 6.45) is -9.70. The Bertz CT molecular complexity index is 579. The molecule has 0 saturated carbocycles. The molecule has 0 atom stereocenters. The summed E-state index contributed by atoms with van der Waals surface area (Å²) in [5.41, 5.74) is -2.72. The molecule has 0 aromatic heterocycles. The van der Waals surface area contributed by atoms with Crippen LogP contribution in [0.3, 0.4) is 0 Å². The van der Waals surface area contributed by atoms with E-state index in [0.29, 0.717) is 0 Å². The maximum Gasteiger partial charge on any atom is 0.417 e. The van der Waals surface area contributed by atoms with Crippen LogP contribution in [0.1, 0.15) is 11.1 Å². The van der Waals surface area contributed by atoms with Crippen molar-refractivity contribution in [1.29, 1.82) is 0 Å². The average Bonchev–Trinajstić information content (AvgIpc) is 2.25. The maximum absolute atomic E-state index is 12.7. The molecule has 6 heteroatoms. The summed E-state index contributed by atoms with van der Waals surface area (Å²) in [6.45, 7) is 0. The van der Waals surface area contributed by atoms with E-state index in [1.54, 1.807) is 0 Å². The SMILES string of the molecule is FC(F)(F)c1[c]c2ccccc2c(C(F)(F)F)c1. The summed E-state index contributed by atoms with van der Waals surface area (Å²) >= 11 is 0. The first-order valence-corrected chi connectivity index (χ1v) is 4.79. The Morgan fingerprint density at radius 2 is 1.44 bits per heavy atom. The molecule has 18 heavy (non-hydrogen) atoms. The van der Waals surface area contributed by atoms with Crippen LogP contribution in [-0.4, -0.2) is 0 Å². The predicted octanol–water partition coefficient (Wildman–Crippen LogP) is 4.68. The van der Waals surface area contributed by atoms with Gasteiger partial charge in [0.25, 0.3) is 0 Å². The summed E-state index contributed by atoms with van der Waals surface area (Å²) in [4.78, 5) is 0. The molecule has 2 aromatic rings. The topological polar surface area (TPSA) is 0 Å². The Hall–Kier alpha value is -1.72. The normalized spacial score (nSPS) is 13.0. The number of benzene rings is 2. The van der Waals surface area contributed by atoms with Crippen molar-refractivity contribution in [2.75, 3.05) is 0 Å². The third kappa shape index (κ3) is 2.27. The Kier molecular flexibility index (Phi) is 2.76. The van der Waals surface area contributed by atoms with Crippen molar-refractivity contribution in [1.82, 2.24) is 0 Å². The molecule has 0 unspecified atom stereocenters. The lowest BCUT2D eigenvalue weighted by atomic mass is 10.0. The molecule has 0 spiro atoms. The number of hydrogen-bond donors (Lipinski definition) is 0. The van der Waals surface area contributed by atoms with Gasteiger partial charge in [-0.3, -0.25) is 0 Å². The van der Waals surface area contributed by atoms with Crippen molar-refractivity contribution in [3.05, 3.63) is 47.5 Å². The van der Waals surface area contributed by atoms with Crippen LogP contribution in [0.5, 0.6) is 0 Å². The van der Waals surface area contributed by atoms with Crippen LogP contribution in [0.4, 0.5) is 26.3 Å². The van der Waals surface area contributed by atoms with Crippen LogP contribution < -0.4 is 0 Å². The van der Waals surface area contributed by atoms with Gasteiger partial charge in [0.2, 0.25) is 0 Å². The lowest BCUT2D eigenvalue weighted by Gasteiger charge is -2.14. The lowest BCUT2D eigenvalue weighted by molar-refractivity contribution is -0.142. The maximum atomic E-state index is 12.7. The molecule has 0 fully saturated rings. The fourth-order valence-electron chi connectivity index (χ4n) is 1.62. The zero-order valence-electron chi connectivity index (χ0n) is 8.65. The van der Waals surface area contributed by atoms with E-state index in [1.807, 2.05) is 6.07 Å². The summed E-state index contributed by atoms with van der Waals surface area (Å²) in [6, 6.07) is 7.02. The molecule has 0 heterocycles. The van der Waals surface area contributed by atoms with Crippen molar-refractivity contribution < 1.29 is 26.3 Å². The molecule has 0 aliphatic rings. The second-order valence-corrected chi connectivity index (χ2v) is 3.64. The molecule has 0 nitrogen and oxygen atoms in total. The molecular formula is C12H5F6. The number of alkyl halides is 6. The van der Waals surface area contributed by atoms with E-state index in [1.165, 1.54) is 18.2 Å². The first-order chi connectivity index (χ1) is 8.19. The second-order valence-electron chi connectivity index (χ2n) is 3.64. The Morgan fingerprint density at radius 3 is 2.00 bits per heavy atom. The number of rotatable bonds is 0. The van der Waals surface area contributed by atoms with Gasteiger partial charge in [0, 0.05) is 6.07 Å². The molecular weight excluding hydrogens is 258 g/mol. The standard InChI is InChI=1S/C12H5F6/c13-11(14,15)8-5-7-3-1-2-4-9(7)10(6-8)12(16,17)18/h1-4,6H. The smallest absolute Gasteiger partial charge is 0.166 e. The van der Waals surface area contributed by atoms with Crippen LogP contribution in [0.25, 0.3) is 10.8 Å². The van der Waals surface area contributed by atoms with Crippen molar-refractivity contribution in [2.45, 2.75) is 12.4 Å². The van der Waals surface area contributed by atoms with E-state index in [9.17, 15) is 26.3 Å². The van der Waals surface area contributed by atoms with E-state index in [0.717, 1.165) is 6.07 Å². The van der Waals surface area contributed by atoms with Crippen LogP contribution in [0.2, 0.25) is 0 Å². The number of halogens is 6. The van der Waals surface area contributed by atoms with E-state index < -0.39 is 23.5 Å². The van der Waals surface area contributed by atoms with E-state index in [4.69, 9.17) is 0 Å². The second kappa shape index (κ2) is 3.90. The Balaban J connectivity index is 2.81. The van der Waals surface area contributed by atoms with Gasteiger partial charge in [-0.1, -0.05) is 24.3 Å². The number of fused-ring (bicyclic) bond motifs is 1. The summed E-state index contributed by atoms with van der Waals surface area (Å²) in [7, 11) is 0. The van der Waals surface area contributed by atoms with Crippen LogP contribution >= 0.6 is 0 Å². The van der Waals surface area contributed by atoms with Crippen molar-refractivity contribution in [3.63, 3.8) is 0 Å². The minimum atomic E-state index is -4.86. The van der Waals surface area contributed by atoms with E-state index in [-0.39, 0.29) is 16.8 Å². The van der Waals surface area contributed by atoms with Gasteiger partial charge in [0.15, 0.2) is 0 Å². The number of hydrogen-bond acceptors (Lipinski definition) is 0. The van der Waals surface area contributed by atoms with Crippen molar-refractivity contribution in [2.24, 2.45) is 0 Å². The third-order valence-corrected chi connectivity index (χ3v) is 2.39. The molecule has 0 amide bonds. The highest BCUT2D eigenvalue weighted by molar-refractivity contribution is 5.86. The van der Waals surface area contributed by atoms with Crippen LogP contribution in [0, 0.1) is 6.07 Å². The molecule has 2 rings (SSSR count). The summed E-state index contributed by atoms with van der Waals surface area (Å²) in [5, 5.41) is -0.502. The molecule has 0 aliphatic heterocycles. The minimum absolute atomic E-state index is 0.0856. The molecule has 0 aliphatic carbocycles. The quantitative estimate of drug-likeness (QED) is 0.605. The predicted molar refractivity (Wildman–Crippen MR) is 52.8 cm³/mol. The fourth-order valence-corrected chi connectivity index (χ4v) is 1.62. The fraction of sp³-hybridized carbons (Fsp3) is 0.167. The third-order valence-electron chi connectivity index (χ3n) is 2.39. The first-order valence-electron chi connectivity index (χ1n) is 4.79. The zero-order chi connectivity index (χ0) is 13.6. The van der Waals surface area contributed by atoms with Gasteiger partial charge in [0.1, 0.15) is 0 Å². The largest absolute Gasteiger partial charge is 0.417 e. The van der Waals surface area contributed by atoms with Crippen molar-refractivity contribution >= 4 is 10.8 Å². The van der Waals surface area contributed by atoms with Gasteiger partial charge in [-0.15, -0.1) is 0 Å². The zero-order valence-corrected chi connectivity index (χ0v) is 8.65. The Morgan fingerprint density at radius 1 is 0.833 bits per heavy atom. The van der Waals surface area contributed by atoms with Gasteiger partial charge in [-0.2, -0.15) is 26.3 Å². The monoisotopic (exact) mass is 263 g/mol. The molecule has 2 aromatic carbocycles. The van der Waals surface area contributed by atoms with Gasteiger partial charge in [0.05, 0.1) is 11.1 Å². The van der Waals surface area contributed by atoms with E-state index in [2.05, 4.69) is 0 Å². The van der Waals surface area contributed by atoms with Gasteiger partial charge >= 0.3 is 12.4 Å². The highest BCUT2D eigenvalue weighted by Gasteiger charge is 2.37. The molecule has 0 saturated heterocycles. The molecule has 1 radical (unpaired) electrons. The van der Waals surface area contributed by atoms with Gasteiger partial charge in [-0.25, -0.2) is 0 Å². The van der Waals surface area contributed by atoms with E-state index >= 15 is 0 Å². The van der Waals surface area contributed by atoms with Crippen LogP contribution in [0.15, 0.2) is 30.3 Å². The summed E-state index contributed by atoms with van der Waals surface area (Å²) < 4.78 is 75.6. The molecule has 0 bridgehead atoms. The minimum Gasteiger partial charge on any atom is -0.166 e. The Labute approximate surface area is 97.8 Å². The average molecular weight is 263 g/mol. The highest BCUT2D eigenvalue weighted by Crippen LogP contribution is 2.39. The van der Waals surface area contributed by atoms with Gasteiger partial charge in [-0.05, 0) is 16.8 Å².